The van der Waals surface area contributed by atoms with Crippen LogP contribution in [0.3, 0.4) is 0 Å². The highest BCUT2D eigenvalue weighted by molar-refractivity contribution is 5.94. The number of hydrogen-bond acceptors (Lipinski definition) is 5. The van der Waals surface area contributed by atoms with Crippen molar-refractivity contribution in [3.05, 3.63) is 35.1 Å². The monoisotopic (exact) mass is 416 g/mol. The molecule has 2 bridgehead atoms. The standard InChI is InChI=1S/C22H29FN4O3/c1-22(2,13-28)26-20(29)12-27-18-3-4-19(27)8-15(7-18)11-25-21(30)16-5-14(10-24)6-17(23)9-16/h5-6,9,15,18-19,28H,3-4,7-8,11-13H2,1-2H3,(H,25,30)(H,26,29). The lowest BCUT2D eigenvalue weighted by Crippen LogP contribution is -2.53. The lowest BCUT2D eigenvalue weighted by atomic mass is 9.90. The first-order valence-corrected chi connectivity index (χ1v) is 10.4. The molecule has 3 N–H and O–H groups in total. The Morgan fingerprint density at radius 3 is 2.53 bits per heavy atom. The Kier molecular flexibility index (Phi) is 6.74. The van der Waals surface area contributed by atoms with Crippen molar-refractivity contribution in [2.75, 3.05) is 19.7 Å². The van der Waals surface area contributed by atoms with Crippen LogP contribution in [0.1, 0.15) is 55.5 Å². The third-order valence-electron chi connectivity index (χ3n) is 6.02. The van der Waals surface area contributed by atoms with Gasteiger partial charge in [-0.25, -0.2) is 4.39 Å². The molecule has 30 heavy (non-hydrogen) atoms. The van der Waals surface area contributed by atoms with Gasteiger partial charge in [0.25, 0.3) is 5.91 Å². The third-order valence-corrected chi connectivity index (χ3v) is 6.02. The second-order valence-corrected chi connectivity index (χ2v) is 9.04. The Morgan fingerprint density at radius 2 is 1.93 bits per heavy atom. The Hall–Kier alpha value is -2.50. The van der Waals surface area contributed by atoms with Crippen molar-refractivity contribution in [3.63, 3.8) is 0 Å². The Labute approximate surface area is 176 Å². The Bertz CT molecular complexity index is 837. The number of amides is 2. The van der Waals surface area contributed by atoms with Crippen LogP contribution in [0.5, 0.6) is 0 Å². The summed E-state index contributed by atoms with van der Waals surface area (Å²) in [5, 5.41) is 24.0. The average molecular weight is 416 g/mol. The van der Waals surface area contributed by atoms with Gasteiger partial charge in [0, 0.05) is 24.2 Å². The molecule has 1 aromatic rings. The molecule has 1 aromatic carbocycles. The molecule has 2 atom stereocenters. The maximum absolute atomic E-state index is 13.6. The van der Waals surface area contributed by atoms with Crippen LogP contribution in [0.2, 0.25) is 0 Å². The number of nitrogens with zero attached hydrogens (tertiary/aromatic N) is 2. The molecule has 2 amide bonds. The fourth-order valence-corrected chi connectivity index (χ4v) is 4.56. The number of fused-ring (bicyclic) bond motifs is 2. The summed E-state index contributed by atoms with van der Waals surface area (Å²) in [6, 6.07) is 6.07. The fourth-order valence-electron chi connectivity index (χ4n) is 4.56. The smallest absolute Gasteiger partial charge is 0.251 e. The number of aliphatic hydroxyl groups excluding tert-OH is 1. The van der Waals surface area contributed by atoms with Gasteiger partial charge >= 0.3 is 0 Å². The predicted molar refractivity (Wildman–Crippen MR) is 109 cm³/mol. The lowest BCUT2D eigenvalue weighted by molar-refractivity contribution is -0.125. The number of nitriles is 1. The highest BCUT2D eigenvalue weighted by Crippen LogP contribution is 2.38. The van der Waals surface area contributed by atoms with Gasteiger partial charge in [0.15, 0.2) is 0 Å². The van der Waals surface area contributed by atoms with Crippen molar-refractivity contribution in [2.24, 2.45) is 5.92 Å². The van der Waals surface area contributed by atoms with Gasteiger partial charge in [-0.15, -0.1) is 0 Å². The molecular weight excluding hydrogens is 387 g/mol. The van der Waals surface area contributed by atoms with E-state index >= 15 is 0 Å². The summed E-state index contributed by atoms with van der Waals surface area (Å²) < 4.78 is 13.6. The summed E-state index contributed by atoms with van der Waals surface area (Å²) in [5.41, 5.74) is -0.370. The molecule has 2 unspecified atom stereocenters. The summed E-state index contributed by atoms with van der Waals surface area (Å²) in [5.74, 6) is -0.777. The van der Waals surface area contributed by atoms with Crippen LogP contribution in [0.15, 0.2) is 18.2 Å². The van der Waals surface area contributed by atoms with E-state index < -0.39 is 11.4 Å². The van der Waals surface area contributed by atoms with Gasteiger partial charge in [0.2, 0.25) is 5.91 Å². The zero-order valence-corrected chi connectivity index (χ0v) is 17.4. The Morgan fingerprint density at radius 1 is 1.27 bits per heavy atom. The largest absolute Gasteiger partial charge is 0.394 e. The van der Waals surface area contributed by atoms with E-state index in [0.29, 0.717) is 31.1 Å². The Balaban J connectivity index is 1.52. The SMILES string of the molecule is CC(C)(CO)NC(=O)CN1C2CCC1CC(CNC(=O)c1cc(F)cc(C#N)c1)C2. The molecule has 0 radical (unpaired) electrons. The highest BCUT2D eigenvalue weighted by Gasteiger charge is 2.41. The molecule has 7 nitrogen and oxygen atoms in total. The first-order valence-electron chi connectivity index (χ1n) is 10.4. The first-order chi connectivity index (χ1) is 14.2. The summed E-state index contributed by atoms with van der Waals surface area (Å²) in [6.07, 6.45) is 3.84. The lowest BCUT2D eigenvalue weighted by Gasteiger charge is -2.39. The number of piperidine rings is 1. The minimum atomic E-state index is -0.638. The van der Waals surface area contributed by atoms with Gasteiger partial charge < -0.3 is 15.7 Å². The van der Waals surface area contributed by atoms with E-state index in [-0.39, 0.29) is 29.5 Å². The minimum Gasteiger partial charge on any atom is -0.394 e. The number of carbonyl (C=O) groups excluding carboxylic acids is 2. The van der Waals surface area contributed by atoms with E-state index in [4.69, 9.17) is 5.26 Å². The summed E-state index contributed by atoms with van der Waals surface area (Å²) in [4.78, 5) is 27.0. The van der Waals surface area contributed by atoms with Gasteiger partial charge in [-0.1, -0.05) is 0 Å². The van der Waals surface area contributed by atoms with Gasteiger partial charge in [0.1, 0.15) is 5.82 Å². The van der Waals surface area contributed by atoms with E-state index in [1.54, 1.807) is 13.8 Å². The van der Waals surface area contributed by atoms with Crippen LogP contribution in [-0.2, 0) is 4.79 Å². The van der Waals surface area contributed by atoms with Crippen LogP contribution < -0.4 is 10.6 Å². The maximum Gasteiger partial charge on any atom is 0.251 e. The van der Waals surface area contributed by atoms with E-state index in [2.05, 4.69) is 15.5 Å². The molecule has 2 fully saturated rings. The first kappa shape index (κ1) is 22.2. The van der Waals surface area contributed by atoms with Gasteiger partial charge in [0.05, 0.1) is 30.3 Å². The van der Waals surface area contributed by atoms with Crippen LogP contribution in [-0.4, -0.2) is 59.1 Å². The number of hydrogen-bond donors (Lipinski definition) is 3. The van der Waals surface area contributed by atoms with Crippen LogP contribution >= 0.6 is 0 Å². The van der Waals surface area contributed by atoms with Crippen LogP contribution in [0.4, 0.5) is 4.39 Å². The molecule has 0 saturated carbocycles. The molecule has 2 aliphatic rings. The second kappa shape index (κ2) is 9.11. The zero-order chi connectivity index (χ0) is 21.9. The minimum absolute atomic E-state index is 0.0860. The quantitative estimate of drug-likeness (QED) is 0.626. The van der Waals surface area contributed by atoms with Crippen molar-refractivity contribution >= 4 is 11.8 Å². The second-order valence-electron chi connectivity index (χ2n) is 9.04. The molecule has 2 saturated heterocycles. The van der Waals surface area contributed by atoms with Gasteiger partial charge in [-0.3, -0.25) is 14.5 Å². The van der Waals surface area contributed by atoms with E-state index in [9.17, 15) is 19.1 Å². The number of nitrogens with one attached hydrogen (secondary N) is 2. The third kappa shape index (κ3) is 5.35. The topological polar surface area (TPSA) is 105 Å². The molecule has 0 aliphatic carbocycles. The number of carbonyl (C=O) groups is 2. The van der Waals surface area contributed by atoms with Crippen molar-refractivity contribution in [1.82, 2.24) is 15.5 Å². The van der Waals surface area contributed by atoms with E-state index in [1.165, 1.54) is 6.07 Å². The van der Waals surface area contributed by atoms with Crippen LogP contribution in [0, 0.1) is 23.1 Å². The normalized spacial score (nSPS) is 23.6. The van der Waals surface area contributed by atoms with E-state index in [0.717, 1.165) is 37.8 Å². The van der Waals surface area contributed by atoms with Crippen molar-refractivity contribution < 1.29 is 19.1 Å². The van der Waals surface area contributed by atoms with E-state index in [1.807, 2.05) is 6.07 Å². The molecular formula is C22H29FN4O3. The van der Waals surface area contributed by atoms with Crippen molar-refractivity contribution in [2.45, 2.75) is 57.2 Å². The molecule has 0 aromatic heterocycles. The van der Waals surface area contributed by atoms with Gasteiger partial charge in [-0.05, 0) is 63.6 Å². The molecule has 0 spiro atoms. The molecule has 2 aliphatic heterocycles. The summed E-state index contributed by atoms with van der Waals surface area (Å²) >= 11 is 0. The average Bonchev–Trinajstić information content (AvgIpc) is 2.93. The molecule has 3 rings (SSSR count). The van der Waals surface area contributed by atoms with Crippen molar-refractivity contribution in [3.8, 4) is 6.07 Å². The maximum atomic E-state index is 13.6. The molecule has 162 valence electrons. The van der Waals surface area contributed by atoms with Gasteiger partial charge in [-0.2, -0.15) is 5.26 Å². The van der Waals surface area contributed by atoms with Crippen LogP contribution in [0.25, 0.3) is 0 Å². The summed E-state index contributed by atoms with van der Waals surface area (Å²) in [6.45, 7) is 4.26. The predicted octanol–water partition coefficient (Wildman–Crippen LogP) is 1.56. The van der Waals surface area contributed by atoms with Crippen molar-refractivity contribution in [1.29, 1.82) is 5.26 Å². The number of halogens is 1. The molecule has 2 heterocycles. The summed E-state index contributed by atoms with van der Waals surface area (Å²) in [7, 11) is 0. The fraction of sp³-hybridized carbons (Fsp3) is 0.591. The zero-order valence-electron chi connectivity index (χ0n) is 17.4. The number of rotatable bonds is 7. The number of benzene rings is 1. The number of aliphatic hydroxyl groups is 1. The molecule has 8 heteroatoms. The highest BCUT2D eigenvalue weighted by atomic mass is 19.1.